The molecule has 0 heterocycles. The molecule has 0 aromatic carbocycles. The van der Waals surface area contributed by atoms with E-state index in [9.17, 15) is 10.4 Å². The van der Waals surface area contributed by atoms with Gasteiger partial charge in [0.2, 0.25) is 0 Å². The van der Waals surface area contributed by atoms with Crippen molar-refractivity contribution in [2.45, 2.75) is 72.3 Å². The van der Waals surface area contributed by atoms with Crippen LogP contribution in [0.4, 0.5) is 0 Å². The first-order valence-corrected chi connectivity index (χ1v) is 6.76. The molecule has 0 saturated heterocycles. The Hall–Kier alpha value is -0.550. The summed E-state index contributed by atoms with van der Waals surface area (Å²) in [6.07, 6.45) is 4.76. The van der Waals surface area contributed by atoms with Crippen LogP contribution in [0, 0.1) is 28.1 Å². The first-order chi connectivity index (χ1) is 7.62. The molecule has 1 fully saturated rings. The van der Waals surface area contributed by atoms with Gasteiger partial charge < -0.3 is 5.11 Å². The minimum atomic E-state index is -0.804. The van der Waals surface area contributed by atoms with E-state index in [4.69, 9.17) is 0 Å². The van der Waals surface area contributed by atoms with E-state index in [0.717, 1.165) is 25.7 Å². The molecule has 1 rings (SSSR count). The topological polar surface area (TPSA) is 44.0 Å². The predicted molar refractivity (Wildman–Crippen MR) is 70.4 cm³/mol. The molecule has 0 bridgehead atoms. The fourth-order valence-electron chi connectivity index (χ4n) is 2.92. The van der Waals surface area contributed by atoms with Crippen LogP contribution in [0.3, 0.4) is 0 Å². The van der Waals surface area contributed by atoms with E-state index in [1.54, 1.807) is 0 Å². The molecular formula is C15H27NO. The molecule has 2 atom stereocenters. The zero-order valence-electron chi connectivity index (χ0n) is 12.0. The monoisotopic (exact) mass is 237 g/mol. The van der Waals surface area contributed by atoms with Crippen LogP contribution in [0.25, 0.3) is 0 Å². The van der Waals surface area contributed by atoms with Crippen molar-refractivity contribution in [2.24, 2.45) is 16.7 Å². The van der Waals surface area contributed by atoms with Crippen molar-refractivity contribution >= 4 is 0 Å². The molecule has 0 aromatic heterocycles. The van der Waals surface area contributed by atoms with Crippen molar-refractivity contribution in [2.75, 3.05) is 0 Å². The van der Waals surface area contributed by atoms with Crippen LogP contribution in [0.2, 0.25) is 0 Å². The second-order valence-electron chi connectivity index (χ2n) is 7.26. The lowest BCUT2D eigenvalue weighted by molar-refractivity contribution is -0.0527. The van der Waals surface area contributed by atoms with Gasteiger partial charge >= 0.3 is 0 Å². The number of nitriles is 1. The van der Waals surface area contributed by atoms with Gasteiger partial charge in [0.05, 0.1) is 17.1 Å². The van der Waals surface area contributed by atoms with Gasteiger partial charge in [-0.05, 0) is 50.9 Å². The number of hydrogen-bond donors (Lipinski definition) is 1. The second kappa shape index (κ2) is 4.61. The summed E-state index contributed by atoms with van der Waals surface area (Å²) in [7, 11) is 0. The standard InChI is InChI=1S/C15H27NO/c1-13(2,3)12-7-6-9-15(17,10-8-12)14(4,5)11-16/h12,17H,6-10H2,1-5H3. The van der Waals surface area contributed by atoms with E-state index < -0.39 is 11.0 Å². The quantitative estimate of drug-likeness (QED) is 0.703. The van der Waals surface area contributed by atoms with E-state index in [0.29, 0.717) is 11.3 Å². The molecule has 1 N–H and O–H groups in total. The lowest BCUT2D eigenvalue weighted by atomic mass is 9.70. The van der Waals surface area contributed by atoms with Crippen LogP contribution >= 0.6 is 0 Å². The van der Waals surface area contributed by atoms with Crippen LogP contribution in [-0.4, -0.2) is 10.7 Å². The number of hydrogen-bond acceptors (Lipinski definition) is 2. The van der Waals surface area contributed by atoms with E-state index in [-0.39, 0.29) is 0 Å². The summed E-state index contributed by atoms with van der Waals surface area (Å²) in [6, 6.07) is 2.28. The summed E-state index contributed by atoms with van der Waals surface area (Å²) in [5.41, 5.74) is -1.14. The van der Waals surface area contributed by atoms with Crippen molar-refractivity contribution < 1.29 is 5.11 Å². The Kier molecular flexibility index (Phi) is 3.94. The van der Waals surface area contributed by atoms with Gasteiger partial charge in [-0.15, -0.1) is 0 Å². The molecule has 0 radical (unpaired) electrons. The van der Waals surface area contributed by atoms with E-state index in [2.05, 4.69) is 26.8 Å². The first kappa shape index (κ1) is 14.5. The Bertz CT molecular complexity index is 308. The normalized spacial score (nSPS) is 31.7. The lowest BCUT2D eigenvalue weighted by Gasteiger charge is -2.38. The van der Waals surface area contributed by atoms with Crippen LogP contribution in [0.5, 0.6) is 0 Å². The smallest absolute Gasteiger partial charge is 0.0828 e. The highest BCUT2D eigenvalue weighted by Crippen LogP contribution is 2.45. The fourth-order valence-corrected chi connectivity index (χ4v) is 2.92. The molecule has 0 aliphatic heterocycles. The van der Waals surface area contributed by atoms with Gasteiger partial charge in [0.1, 0.15) is 0 Å². The first-order valence-electron chi connectivity index (χ1n) is 6.76. The Morgan fingerprint density at radius 3 is 2.18 bits per heavy atom. The van der Waals surface area contributed by atoms with Gasteiger partial charge in [0, 0.05) is 0 Å². The Balaban J connectivity index is 2.82. The van der Waals surface area contributed by atoms with Crippen molar-refractivity contribution in [1.82, 2.24) is 0 Å². The van der Waals surface area contributed by atoms with Crippen LogP contribution in [0.1, 0.15) is 66.7 Å². The molecule has 0 aromatic rings. The molecule has 0 amide bonds. The maximum absolute atomic E-state index is 10.7. The van der Waals surface area contributed by atoms with Gasteiger partial charge in [-0.25, -0.2) is 0 Å². The van der Waals surface area contributed by atoms with Gasteiger partial charge in [0.25, 0.3) is 0 Å². The van der Waals surface area contributed by atoms with Gasteiger partial charge in [0.15, 0.2) is 0 Å². The van der Waals surface area contributed by atoms with Gasteiger partial charge in [-0.2, -0.15) is 5.26 Å². The summed E-state index contributed by atoms with van der Waals surface area (Å²) in [5.74, 6) is 0.658. The molecule has 1 aliphatic rings. The third-order valence-electron chi connectivity index (χ3n) is 4.72. The number of aliphatic hydroxyl groups is 1. The maximum Gasteiger partial charge on any atom is 0.0828 e. The number of rotatable bonds is 1. The largest absolute Gasteiger partial charge is 0.388 e. The molecule has 98 valence electrons. The van der Waals surface area contributed by atoms with E-state index in [1.165, 1.54) is 6.42 Å². The molecule has 17 heavy (non-hydrogen) atoms. The molecule has 0 spiro atoms. The highest BCUT2D eigenvalue weighted by Gasteiger charge is 2.45. The minimum Gasteiger partial charge on any atom is -0.388 e. The highest BCUT2D eigenvalue weighted by molar-refractivity contribution is 5.07. The summed E-state index contributed by atoms with van der Waals surface area (Å²) in [4.78, 5) is 0. The van der Waals surface area contributed by atoms with Crippen molar-refractivity contribution in [3.8, 4) is 6.07 Å². The molecule has 1 aliphatic carbocycles. The molecule has 1 saturated carbocycles. The van der Waals surface area contributed by atoms with Gasteiger partial charge in [-0.1, -0.05) is 27.2 Å². The van der Waals surface area contributed by atoms with Crippen molar-refractivity contribution in [3.63, 3.8) is 0 Å². The van der Waals surface area contributed by atoms with Crippen molar-refractivity contribution in [3.05, 3.63) is 0 Å². The van der Waals surface area contributed by atoms with Crippen molar-refractivity contribution in [1.29, 1.82) is 5.26 Å². The third kappa shape index (κ3) is 3.01. The highest BCUT2D eigenvalue weighted by atomic mass is 16.3. The average molecular weight is 237 g/mol. The third-order valence-corrected chi connectivity index (χ3v) is 4.72. The Labute approximate surface area is 106 Å². The van der Waals surface area contributed by atoms with Crippen LogP contribution in [-0.2, 0) is 0 Å². The molecular weight excluding hydrogens is 210 g/mol. The summed E-state index contributed by atoms with van der Waals surface area (Å²) >= 11 is 0. The van der Waals surface area contributed by atoms with Gasteiger partial charge in [-0.3, -0.25) is 0 Å². The summed E-state index contributed by atoms with van der Waals surface area (Å²) in [6.45, 7) is 10.6. The average Bonchev–Trinajstić information content (AvgIpc) is 2.40. The molecule has 2 heteroatoms. The van der Waals surface area contributed by atoms with E-state index >= 15 is 0 Å². The fraction of sp³-hybridized carbons (Fsp3) is 0.933. The van der Waals surface area contributed by atoms with Crippen LogP contribution < -0.4 is 0 Å². The van der Waals surface area contributed by atoms with E-state index in [1.807, 2.05) is 13.8 Å². The Morgan fingerprint density at radius 1 is 1.12 bits per heavy atom. The zero-order chi connectivity index (χ0) is 13.3. The molecule has 2 unspecified atom stereocenters. The number of nitrogens with zero attached hydrogens (tertiary/aromatic N) is 1. The summed E-state index contributed by atoms with van der Waals surface area (Å²) in [5, 5.41) is 20.0. The zero-order valence-corrected chi connectivity index (χ0v) is 12.0. The van der Waals surface area contributed by atoms with Crippen LogP contribution in [0.15, 0.2) is 0 Å². The SMILES string of the molecule is CC(C)(C)C1CCCC(O)(C(C)(C)C#N)CC1. The maximum atomic E-state index is 10.7. The summed E-state index contributed by atoms with van der Waals surface area (Å²) < 4.78 is 0. The Morgan fingerprint density at radius 2 is 1.71 bits per heavy atom. The predicted octanol–water partition coefficient (Wildman–Crippen LogP) is 3.89. The second-order valence-corrected chi connectivity index (χ2v) is 7.26. The minimum absolute atomic E-state index is 0.308. The lowest BCUT2D eigenvalue weighted by Crippen LogP contribution is -2.43. The molecule has 2 nitrogen and oxygen atoms in total.